The van der Waals surface area contributed by atoms with Crippen LogP contribution in [0.1, 0.15) is 38.4 Å². The minimum atomic E-state index is -3.54. The molecule has 36 heavy (non-hydrogen) atoms. The molecule has 4 aromatic rings. The molecule has 0 unspecified atom stereocenters. The molecule has 0 amide bonds. The molecule has 2 fully saturated rings. The van der Waals surface area contributed by atoms with Gasteiger partial charge in [-0.15, -0.1) is 0 Å². The molecule has 190 valence electrons. The predicted octanol–water partition coefficient (Wildman–Crippen LogP) is 4.80. The van der Waals surface area contributed by atoms with Gasteiger partial charge in [0.1, 0.15) is 5.82 Å². The number of benzene rings is 2. The molecule has 4 heterocycles. The lowest BCUT2D eigenvalue weighted by molar-refractivity contribution is 0.0960. The first-order chi connectivity index (χ1) is 17.5. The number of fused-ring (bicyclic) bond motifs is 2. The van der Waals surface area contributed by atoms with Crippen LogP contribution in [-0.2, 0) is 27.1 Å². The minimum Gasteiger partial charge on any atom is -0.376 e. The molecule has 8 nitrogen and oxygen atoms in total. The zero-order chi connectivity index (χ0) is 24.7. The number of nitrogens with one attached hydrogen (secondary N) is 1. The van der Waals surface area contributed by atoms with Crippen LogP contribution in [0.15, 0.2) is 52.5 Å². The van der Waals surface area contributed by atoms with Crippen molar-refractivity contribution < 1.29 is 13.2 Å². The smallest absolute Gasteiger partial charge is 0.243 e. The van der Waals surface area contributed by atoms with Crippen LogP contribution in [0, 0.1) is 5.92 Å². The molecule has 2 aliphatic rings. The van der Waals surface area contributed by atoms with Crippen molar-refractivity contribution in [3.8, 4) is 0 Å². The molecule has 2 saturated heterocycles. The Kier molecular flexibility index (Phi) is 6.53. The number of sulfonamides is 1. The van der Waals surface area contributed by atoms with Crippen LogP contribution in [0.5, 0.6) is 0 Å². The zero-order valence-electron chi connectivity index (χ0n) is 20.4. The molecule has 0 aliphatic carbocycles. The van der Waals surface area contributed by atoms with Crippen LogP contribution < -0.4 is 0 Å². The van der Waals surface area contributed by atoms with E-state index in [0.29, 0.717) is 41.7 Å². The van der Waals surface area contributed by atoms with Crippen LogP contribution in [0.25, 0.3) is 22.1 Å². The van der Waals surface area contributed by atoms with Crippen molar-refractivity contribution in [3.63, 3.8) is 0 Å². The molecule has 0 bridgehead atoms. The van der Waals surface area contributed by atoms with Gasteiger partial charge in [-0.1, -0.05) is 30.8 Å². The molecule has 2 aliphatic heterocycles. The molecule has 2 aromatic heterocycles. The van der Waals surface area contributed by atoms with E-state index in [-0.39, 0.29) is 6.10 Å². The van der Waals surface area contributed by atoms with Crippen LogP contribution in [0.2, 0.25) is 0 Å². The third kappa shape index (κ3) is 4.67. The topological polar surface area (TPSA) is 93.1 Å². The summed E-state index contributed by atoms with van der Waals surface area (Å²) in [7, 11) is -3.54. The molecular weight excluding hydrogens is 494 g/mol. The van der Waals surface area contributed by atoms with Gasteiger partial charge in [-0.2, -0.15) is 4.31 Å². The third-order valence-corrected chi connectivity index (χ3v) is 9.98. The fourth-order valence-corrected chi connectivity index (χ4v) is 7.76. The monoisotopic (exact) mass is 525 g/mol. The summed E-state index contributed by atoms with van der Waals surface area (Å²) in [5, 5.41) is 0.849. The van der Waals surface area contributed by atoms with Gasteiger partial charge in [-0.05, 0) is 61.9 Å². The molecule has 0 saturated carbocycles. The molecule has 1 N–H and O–H groups in total. The van der Waals surface area contributed by atoms with Gasteiger partial charge in [0.05, 0.1) is 45.4 Å². The van der Waals surface area contributed by atoms with E-state index in [1.807, 2.05) is 30.3 Å². The zero-order valence-corrected chi connectivity index (χ0v) is 22.0. The first kappa shape index (κ1) is 24.0. The Hall–Kier alpha value is -2.40. The van der Waals surface area contributed by atoms with E-state index in [0.717, 1.165) is 59.8 Å². The molecule has 6 rings (SSSR count). The van der Waals surface area contributed by atoms with Gasteiger partial charge in [0, 0.05) is 19.7 Å². The van der Waals surface area contributed by atoms with Gasteiger partial charge in [0.25, 0.3) is 0 Å². The lowest BCUT2D eigenvalue weighted by Gasteiger charge is -2.30. The van der Waals surface area contributed by atoms with Crippen molar-refractivity contribution in [2.24, 2.45) is 5.92 Å². The minimum absolute atomic E-state index is 0.145. The summed E-state index contributed by atoms with van der Waals surface area (Å²) in [5.74, 6) is 1.91. The van der Waals surface area contributed by atoms with Gasteiger partial charge in [-0.3, -0.25) is 0 Å². The normalized spacial score (nSPS) is 21.6. The number of ether oxygens (including phenoxy) is 1. The number of hydrogen-bond donors (Lipinski definition) is 1. The second kappa shape index (κ2) is 9.81. The average Bonchev–Trinajstić information content (AvgIpc) is 3.61. The van der Waals surface area contributed by atoms with Crippen molar-refractivity contribution in [2.45, 2.75) is 61.1 Å². The highest BCUT2D eigenvalue weighted by Gasteiger charge is 2.29. The van der Waals surface area contributed by atoms with Crippen LogP contribution in [0.4, 0.5) is 0 Å². The summed E-state index contributed by atoms with van der Waals surface area (Å²) >= 11 is 1.61. The molecule has 0 spiro atoms. The van der Waals surface area contributed by atoms with Crippen molar-refractivity contribution >= 4 is 43.9 Å². The molecule has 2 atom stereocenters. The lowest BCUT2D eigenvalue weighted by Crippen LogP contribution is -2.39. The Balaban J connectivity index is 1.32. The summed E-state index contributed by atoms with van der Waals surface area (Å²) in [4.78, 5) is 13.3. The Labute approximate surface area is 215 Å². The van der Waals surface area contributed by atoms with E-state index in [1.54, 1.807) is 28.2 Å². The van der Waals surface area contributed by atoms with Gasteiger partial charge >= 0.3 is 0 Å². The van der Waals surface area contributed by atoms with Crippen LogP contribution in [-0.4, -0.2) is 58.0 Å². The highest BCUT2D eigenvalue weighted by atomic mass is 32.2. The highest BCUT2D eigenvalue weighted by Crippen LogP contribution is 2.31. The predicted molar refractivity (Wildman–Crippen MR) is 142 cm³/mol. The molecule has 2 aromatic carbocycles. The number of piperidine rings is 1. The average molecular weight is 526 g/mol. The maximum Gasteiger partial charge on any atom is 0.243 e. The molecular formula is C26H31N5O3S2. The summed E-state index contributed by atoms with van der Waals surface area (Å²) in [6.45, 7) is 4.76. The van der Waals surface area contributed by atoms with E-state index >= 15 is 0 Å². The summed E-state index contributed by atoms with van der Waals surface area (Å²) < 4.78 is 36.5. The third-order valence-electron chi connectivity index (χ3n) is 7.13. The fraction of sp³-hybridized carbons (Fsp3) is 0.462. The molecule has 0 radical (unpaired) electrons. The number of thioether (sulfide) groups is 1. The van der Waals surface area contributed by atoms with E-state index < -0.39 is 10.0 Å². The number of para-hydroxylation sites is 2. The second-order valence-corrected chi connectivity index (χ2v) is 12.8. The Morgan fingerprint density at radius 1 is 1.11 bits per heavy atom. The van der Waals surface area contributed by atoms with Gasteiger partial charge < -0.3 is 14.3 Å². The van der Waals surface area contributed by atoms with E-state index in [2.05, 4.69) is 16.5 Å². The Bertz CT molecular complexity index is 1460. The van der Waals surface area contributed by atoms with Crippen LogP contribution >= 0.6 is 11.8 Å². The second-order valence-electron chi connectivity index (χ2n) is 9.89. The van der Waals surface area contributed by atoms with Crippen molar-refractivity contribution in [2.75, 3.05) is 19.7 Å². The van der Waals surface area contributed by atoms with Crippen molar-refractivity contribution in [1.29, 1.82) is 0 Å². The van der Waals surface area contributed by atoms with Crippen molar-refractivity contribution in [1.82, 2.24) is 23.8 Å². The van der Waals surface area contributed by atoms with E-state index in [9.17, 15) is 8.42 Å². The number of H-pyrrole nitrogens is 1. The van der Waals surface area contributed by atoms with E-state index in [1.165, 1.54) is 0 Å². The standard InChI is InChI=1S/C26H31N5O3S2/c1-18-6-4-12-30(15-18)36(32,33)20-10-11-24-23(14-20)29-26(31(24)16-19-7-5-13-34-19)35-17-25-27-21-8-2-3-9-22(21)28-25/h2-3,8-11,14,18-19H,4-7,12-13,15-17H2,1H3,(H,27,28)/t18-,19+/m0/s1. The van der Waals surface area contributed by atoms with Gasteiger partial charge in [0.15, 0.2) is 5.16 Å². The summed E-state index contributed by atoms with van der Waals surface area (Å²) in [6.07, 6.45) is 4.21. The lowest BCUT2D eigenvalue weighted by atomic mass is 10.0. The number of hydrogen-bond acceptors (Lipinski definition) is 6. The number of nitrogens with zero attached hydrogens (tertiary/aromatic N) is 4. The maximum absolute atomic E-state index is 13.4. The SMILES string of the molecule is C[C@H]1CCCN(S(=O)(=O)c2ccc3c(c2)nc(SCc2nc4ccccc4[nH]2)n3C[C@H]2CCCO2)C1. The largest absolute Gasteiger partial charge is 0.376 e. The first-order valence-electron chi connectivity index (χ1n) is 12.7. The fourth-order valence-electron chi connectivity index (χ4n) is 5.25. The molecule has 10 heteroatoms. The van der Waals surface area contributed by atoms with Crippen LogP contribution in [0.3, 0.4) is 0 Å². The number of aromatic nitrogens is 4. The number of aromatic amines is 1. The first-order valence-corrected chi connectivity index (χ1v) is 15.1. The van der Waals surface area contributed by atoms with Gasteiger partial charge in [-0.25, -0.2) is 18.4 Å². The Morgan fingerprint density at radius 3 is 2.81 bits per heavy atom. The van der Waals surface area contributed by atoms with Gasteiger partial charge in [0.2, 0.25) is 10.0 Å². The number of rotatable bonds is 7. The van der Waals surface area contributed by atoms with Crippen molar-refractivity contribution in [3.05, 3.63) is 48.3 Å². The quantitative estimate of drug-likeness (QED) is 0.348. The summed E-state index contributed by atoms with van der Waals surface area (Å²) in [5.41, 5.74) is 3.60. The Morgan fingerprint density at radius 2 is 2.00 bits per heavy atom. The summed E-state index contributed by atoms with van der Waals surface area (Å²) in [6, 6.07) is 13.4. The number of imidazole rings is 2. The highest BCUT2D eigenvalue weighted by molar-refractivity contribution is 7.98. The van der Waals surface area contributed by atoms with E-state index in [4.69, 9.17) is 14.7 Å². The maximum atomic E-state index is 13.4.